The molecule has 176 valence electrons. The highest BCUT2D eigenvalue weighted by Crippen LogP contribution is 2.06. The molecular formula is C23H41N5O3. The lowest BCUT2D eigenvalue weighted by Gasteiger charge is -2.27. The highest BCUT2D eigenvalue weighted by molar-refractivity contribution is 5.11. The molecule has 1 aromatic heterocycles. The Bertz CT molecular complexity index is 573. The van der Waals surface area contributed by atoms with Crippen LogP contribution >= 0.6 is 0 Å². The molecule has 1 aromatic rings. The minimum Gasteiger partial charge on any atom is -0.379 e. The number of likely N-dealkylation sites (N-methyl/N-ethyl adjacent to an activating group) is 2. The van der Waals surface area contributed by atoms with E-state index in [2.05, 4.69) is 51.9 Å². The summed E-state index contributed by atoms with van der Waals surface area (Å²) in [6.45, 7) is 13.7. The van der Waals surface area contributed by atoms with Crippen molar-refractivity contribution in [2.45, 2.75) is 13.1 Å². The van der Waals surface area contributed by atoms with E-state index in [4.69, 9.17) is 19.2 Å². The van der Waals surface area contributed by atoms with Gasteiger partial charge in [-0.05, 0) is 26.2 Å². The van der Waals surface area contributed by atoms with Crippen molar-refractivity contribution in [2.75, 3.05) is 106 Å². The third-order valence-corrected chi connectivity index (χ3v) is 5.90. The lowest BCUT2D eigenvalue weighted by molar-refractivity contribution is 0.0311. The van der Waals surface area contributed by atoms with E-state index in [1.165, 1.54) is 0 Å². The van der Waals surface area contributed by atoms with E-state index < -0.39 is 0 Å². The Kier molecular flexibility index (Phi) is 11.2. The molecule has 0 saturated carbocycles. The van der Waals surface area contributed by atoms with E-state index >= 15 is 0 Å². The number of hydrogen-bond donors (Lipinski definition) is 0. The molecule has 31 heavy (non-hydrogen) atoms. The summed E-state index contributed by atoms with van der Waals surface area (Å²) in [5.41, 5.74) is 2.27. The average Bonchev–Trinajstić information content (AvgIpc) is 2.76. The Morgan fingerprint density at radius 2 is 1.00 bits per heavy atom. The van der Waals surface area contributed by atoms with Crippen molar-refractivity contribution in [3.05, 3.63) is 29.6 Å². The third kappa shape index (κ3) is 9.91. The summed E-state index contributed by atoms with van der Waals surface area (Å²) in [5.74, 6) is 0. The van der Waals surface area contributed by atoms with Gasteiger partial charge >= 0.3 is 0 Å². The average molecular weight is 436 g/mol. The van der Waals surface area contributed by atoms with Crippen molar-refractivity contribution >= 4 is 0 Å². The predicted molar refractivity (Wildman–Crippen MR) is 122 cm³/mol. The maximum absolute atomic E-state index is 6.00. The standard InChI is InChI=1S/C23H41N5O3/c1-25-6-8-27-10-14-29-15-11-28(13-17-31-19-18-30-16-12-27)9-7-26(2)21-23-5-3-4-22(20-25)24-23/h3-5H,6-21H2,1-2H3. The molecule has 2 atom stereocenters. The second-order valence-electron chi connectivity index (χ2n) is 8.62. The first kappa shape index (κ1) is 24.5. The summed E-state index contributed by atoms with van der Waals surface area (Å²) in [7, 11) is 4.34. The Balaban J connectivity index is 1.70. The van der Waals surface area contributed by atoms with Gasteiger partial charge in [0.15, 0.2) is 0 Å². The number of hydrogen-bond acceptors (Lipinski definition) is 8. The molecule has 2 aliphatic heterocycles. The van der Waals surface area contributed by atoms with E-state index in [9.17, 15) is 0 Å². The van der Waals surface area contributed by atoms with Crippen LogP contribution in [0.5, 0.6) is 0 Å². The fourth-order valence-corrected chi connectivity index (χ4v) is 3.91. The van der Waals surface area contributed by atoms with Gasteiger partial charge in [0.25, 0.3) is 0 Å². The van der Waals surface area contributed by atoms with Crippen LogP contribution in [0.25, 0.3) is 0 Å². The van der Waals surface area contributed by atoms with Crippen LogP contribution in [0.4, 0.5) is 0 Å². The van der Waals surface area contributed by atoms with Crippen molar-refractivity contribution in [1.29, 1.82) is 0 Å². The molecule has 0 spiro atoms. The molecule has 8 heteroatoms. The van der Waals surface area contributed by atoms with Gasteiger partial charge in [-0.2, -0.15) is 0 Å². The molecule has 0 amide bonds. The Morgan fingerprint density at radius 1 is 0.581 bits per heavy atom. The van der Waals surface area contributed by atoms with Crippen molar-refractivity contribution in [1.82, 2.24) is 24.6 Å². The summed E-state index contributed by atoms with van der Waals surface area (Å²) in [6, 6.07) is 6.40. The van der Waals surface area contributed by atoms with Gasteiger partial charge in [-0.25, -0.2) is 0 Å². The zero-order valence-corrected chi connectivity index (χ0v) is 19.5. The van der Waals surface area contributed by atoms with Crippen LogP contribution < -0.4 is 0 Å². The van der Waals surface area contributed by atoms with Gasteiger partial charge in [-0.1, -0.05) is 6.07 Å². The van der Waals surface area contributed by atoms with Crippen LogP contribution in [0.1, 0.15) is 11.4 Å². The van der Waals surface area contributed by atoms with Crippen LogP contribution in [0.2, 0.25) is 0 Å². The van der Waals surface area contributed by atoms with E-state index in [-0.39, 0.29) is 0 Å². The van der Waals surface area contributed by atoms with Gasteiger partial charge in [0.1, 0.15) is 0 Å². The second kappa shape index (κ2) is 14.1. The lowest BCUT2D eigenvalue weighted by atomic mass is 10.2. The number of aromatic nitrogens is 1. The topological polar surface area (TPSA) is 53.5 Å². The van der Waals surface area contributed by atoms with Gasteiger partial charge < -0.3 is 14.2 Å². The highest BCUT2D eigenvalue weighted by Gasteiger charge is 2.12. The van der Waals surface area contributed by atoms with E-state index in [0.717, 1.165) is 103 Å². The molecule has 0 aromatic carbocycles. The molecular weight excluding hydrogens is 394 g/mol. The van der Waals surface area contributed by atoms with E-state index in [1.54, 1.807) is 0 Å². The monoisotopic (exact) mass is 435 g/mol. The normalized spacial score (nSPS) is 27.5. The predicted octanol–water partition coefficient (Wildman–Crippen LogP) is 0.626. The smallest absolute Gasteiger partial charge is 0.0701 e. The van der Waals surface area contributed by atoms with Crippen molar-refractivity contribution in [2.24, 2.45) is 0 Å². The molecule has 2 unspecified atom stereocenters. The van der Waals surface area contributed by atoms with Crippen molar-refractivity contribution in [3.8, 4) is 0 Å². The van der Waals surface area contributed by atoms with Crippen LogP contribution in [-0.4, -0.2) is 131 Å². The van der Waals surface area contributed by atoms with Crippen LogP contribution in [0.15, 0.2) is 18.2 Å². The van der Waals surface area contributed by atoms with Gasteiger partial charge in [0.2, 0.25) is 0 Å². The Labute approximate surface area is 188 Å². The number of fused-ring (bicyclic) bond motifs is 8. The minimum atomic E-state index is 0.661. The Morgan fingerprint density at radius 3 is 1.45 bits per heavy atom. The first-order chi connectivity index (χ1) is 15.2. The molecule has 8 nitrogen and oxygen atoms in total. The number of nitrogens with zero attached hydrogens (tertiary/aromatic N) is 5. The fraction of sp³-hybridized carbons (Fsp3) is 0.783. The molecule has 0 N–H and O–H groups in total. The van der Waals surface area contributed by atoms with Gasteiger partial charge in [0, 0.05) is 65.4 Å². The quantitative estimate of drug-likeness (QED) is 0.550. The summed E-state index contributed by atoms with van der Waals surface area (Å²) in [6.07, 6.45) is 0. The summed E-state index contributed by atoms with van der Waals surface area (Å²) >= 11 is 0. The summed E-state index contributed by atoms with van der Waals surface area (Å²) in [4.78, 5) is 14.5. The molecule has 1 fully saturated rings. The van der Waals surface area contributed by atoms with E-state index in [1.807, 2.05) is 0 Å². The molecule has 2 aliphatic rings. The number of rotatable bonds is 0. The van der Waals surface area contributed by atoms with Gasteiger partial charge in [-0.15, -0.1) is 0 Å². The molecule has 0 radical (unpaired) electrons. The maximum Gasteiger partial charge on any atom is 0.0701 e. The third-order valence-electron chi connectivity index (χ3n) is 5.90. The van der Waals surface area contributed by atoms with Crippen molar-refractivity contribution in [3.63, 3.8) is 0 Å². The maximum atomic E-state index is 6.00. The molecule has 3 rings (SSSR count). The van der Waals surface area contributed by atoms with Crippen LogP contribution in [0.3, 0.4) is 0 Å². The Hall–Kier alpha value is -1.13. The van der Waals surface area contributed by atoms with Crippen LogP contribution in [-0.2, 0) is 27.3 Å². The van der Waals surface area contributed by atoms with E-state index in [0.29, 0.717) is 13.2 Å². The SMILES string of the molecule is CN1CCN2CCOCCOCCN(CCOCC2)CCN(C)Cc2cccc(n2)C1. The molecule has 0 aliphatic carbocycles. The molecule has 1 saturated heterocycles. The highest BCUT2D eigenvalue weighted by atomic mass is 16.5. The van der Waals surface area contributed by atoms with Crippen molar-refractivity contribution < 1.29 is 14.2 Å². The zero-order chi connectivity index (χ0) is 21.7. The zero-order valence-electron chi connectivity index (χ0n) is 19.5. The number of pyridine rings is 1. The fourth-order valence-electron chi connectivity index (χ4n) is 3.91. The summed E-state index contributed by atoms with van der Waals surface area (Å²) < 4.78 is 17.6. The van der Waals surface area contributed by atoms with Gasteiger partial charge in [0.05, 0.1) is 51.0 Å². The lowest BCUT2D eigenvalue weighted by Crippen LogP contribution is -2.39. The van der Waals surface area contributed by atoms with Crippen LogP contribution in [0, 0.1) is 0 Å². The first-order valence-corrected chi connectivity index (χ1v) is 11.7. The summed E-state index contributed by atoms with van der Waals surface area (Å²) in [5, 5.41) is 0. The first-order valence-electron chi connectivity index (χ1n) is 11.7. The largest absolute Gasteiger partial charge is 0.379 e. The molecule has 4 bridgehead atoms. The number of ether oxygens (including phenoxy) is 3. The molecule has 3 heterocycles. The minimum absolute atomic E-state index is 0.661. The second-order valence-corrected chi connectivity index (χ2v) is 8.62. The van der Waals surface area contributed by atoms with Gasteiger partial charge in [-0.3, -0.25) is 24.6 Å².